The lowest BCUT2D eigenvalue weighted by atomic mass is 10.0. The zero-order chi connectivity index (χ0) is 14.7. The van der Waals surface area contributed by atoms with Crippen molar-refractivity contribution in [2.75, 3.05) is 7.11 Å². The number of nitrogens with zero attached hydrogens (tertiary/aromatic N) is 1. The van der Waals surface area contributed by atoms with Gasteiger partial charge in [-0.3, -0.25) is 5.10 Å². The van der Waals surface area contributed by atoms with E-state index >= 15 is 0 Å². The molecule has 0 radical (unpaired) electrons. The summed E-state index contributed by atoms with van der Waals surface area (Å²) in [5.74, 6) is -0.401. The van der Waals surface area contributed by atoms with Crippen molar-refractivity contribution < 1.29 is 9.53 Å². The lowest BCUT2D eigenvalue weighted by Crippen LogP contribution is -2.03. The molecule has 0 atom stereocenters. The molecule has 104 valence electrons. The molecule has 2 aromatic carbocycles. The van der Waals surface area contributed by atoms with E-state index in [1.807, 2.05) is 60.7 Å². The van der Waals surface area contributed by atoms with E-state index < -0.39 is 5.97 Å². The maximum Gasteiger partial charge on any atom is 0.342 e. The summed E-state index contributed by atoms with van der Waals surface area (Å²) in [6, 6.07) is 19.2. The van der Waals surface area contributed by atoms with Crippen LogP contribution in [0.3, 0.4) is 0 Å². The van der Waals surface area contributed by atoms with Gasteiger partial charge >= 0.3 is 5.97 Å². The summed E-state index contributed by atoms with van der Waals surface area (Å²) in [6.07, 6.45) is 0. The Labute approximate surface area is 122 Å². The highest BCUT2D eigenvalue weighted by atomic mass is 16.5. The molecule has 0 fully saturated rings. The van der Waals surface area contributed by atoms with Gasteiger partial charge in [0.25, 0.3) is 0 Å². The number of hydrogen-bond donors (Lipinski definition) is 1. The molecule has 0 bridgehead atoms. The number of aromatic nitrogens is 2. The van der Waals surface area contributed by atoms with Crippen molar-refractivity contribution >= 4 is 5.97 Å². The summed E-state index contributed by atoms with van der Waals surface area (Å²) in [4.78, 5) is 12.2. The molecule has 1 N–H and O–H groups in total. The van der Waals surface area contributed by atoms with Gasteiger partial charge in [0.2, 0.25) is 0 Å². The van der Waals surface area contributed by atoms with E-state index in [4.69, 9.17) is 4.74 Å². The first-order valence-electron chi connectivity index (χ1n) is 6.59. The number of aromatic amines is 1. The minimum absolute atomic E-state index is 0.401. The SMILES string of the molecule is COC(=O)c1c(-c2ccccc2)n[nH]c1-c1ccccc1. The second kappa shape index (κ2) is 5.63. The van der Waals surface area contributed by atoms with Crippen molar-refractivity contribution in [2.24, 2.45) is 0 Å². The Bertz CT molecular complexity index is 692. The molecule has 0 aliphatic carbocycles. The summed E-state index contributed by atoms with van der Waals surface area (Å²) in [6.45, 7) is 0. The van der Waals surface area contributed by atoms with Crippen LogP contribution in [0.1, 0.15) is 10.4 Å². The number of rotatable bonds is 3. The average molecular weight is 278 g/mol. The van der Waals surface area contributed by atoms with Crippen LogP contribution in [0.5, 0.6) is 0 Å². The molecule has 0 spiro atoms. The Morgan fingerprint density at radius 1 is 0.952 bits per heavy atom. The fourth-order valence-corrected chi connectivity index (χ4v) is 2.26. The van der Waals surface area contributed by atoms with Crippen LogP contribution in [0.15, 0.2) is 60.7 Å². The largest absolute Gasteiger partial charge is 0.465 e. The molecule has 0 saturated heterocycles. The summed E-state index contributed by atoms with van der Waals surface area (Å²) in [5, 5.41) is 7.26. The normalized spacial score (nSPS) is 10.3. The van der Waals surface area contributed by atoms with Gasteiger partial charge in [0.1, 0.15) is 11.3 Å². The highest BCUT2D eigenvalue weighted by molar-refractivity contribution is 6.02. The van der Waals surface area contributed by atoms with Crippen LogP contribution in [0, 0.1) is 0 Å². The molecule has 1 aromatic heterocycles. The van der Waals surface area contributed by atoms with E-state index in [1.165, 1.54) is 7.11 Å². The van der Waals surface area contributed by atoms with Crippen LogP contribution in [0.2, 0.25) is 0 Å². The summed E-state index contributed by atoms with van der Waals surface area (Å²) in [5.41, 5.74) is 3.49. The third-order valence-corrected chi connectivity index (χ3v) is 3.27. The van der Waals surface area contributed by atoms with Gasteiger partial charge in [-0.15, -0.1) is 0 Å². The van der Waals surface area contributed by atoms with Gasteiger partial charge in [0.05, 0.1) is 12.8 Å². The highest BCUT2D eigenvalue weighted by Gasteiger charge is 2.22. The van der Waals surface area contributed by atoms with Gasteiger partial charge in [0.15, 0.2) is 0 Å². The lowest BCUT2D eigenvalue weighted by molar-refractivity contribution is 0.0602. The molecule has 0 aliphatic rings. The van der Waals surface area contributed by atoms with Gasteiger partial charge in [-0.25, -0.2) is 4.79 Å². The zero-order valence-corrected chi connectivity index (χ0v) is 11.5. The molecule has 0 amide bonds. The van der Waals surface area contributed by atoms with E-state index in [-0.39, 0.29) is 0 Å². The van der Waals surface area contributed by atoms with Gasteiger partial charge in [-0.1, -0.05) is 60.7 Å². The number of carbonyl (C=O) groups is 1. The van der Waals surface area contributed by atoms with E-state index in [9.17, 15) is 4.79 Å². The monoisotopic (exact) mass is 278 g/mol. The molecule has 4 nitrogen and oxygen atoms in total. The second-order valence-corrected chi connectivity index (χ2v) is 4.55. The standard InChI is InChI=1S/C17H14N2O2/c1-21-17(20)14-15(12-8-4-2-5-9-12)18-19-16(14)13-10-6-3-7-11-13/h2-11H,1H3,(H,18,19). The van der Waals surface area contributed by atoms with E-state index in [0.29, 0.717) is 17.0 Å². The van der Waals surface area contributed by atoms with Crippen LogP contribution in [-0.2, 0) is 4.74 Å². The van der Waals surface area contributed by atoms with Crippen molar-refractivity contribution in [1.82, 2.24) is 10.2 Å². The van der Waals surface area contributed by atoms with Gasteiger partial charge in [0, 0.05) is 11.1 Å². The predicted octanol–water partition coefficient (Wildman–Crippen LogP) is 3.53. The Morgan fingerprint density at radius 2 is 1.52 bits per heavy atom. The third-order valence-electron chi connectivity index (χ3n) is 3.27. The first-order valence-corrected chi connectivity index (χ1v) is 6.59. The third kappa shape index (κ3) is 2.43. The number of benzene rings is 2. The molecule has 21 heavy (non-hydrogen) atoms. The van der Waals surface area contributed by atoms with Crippen LogP contribution in [-0.4, -0.2) is 23.3 Å². The average Bonchev–Trinajstić information content (AvgIpc) is 3.00. The fraction of sp³-hybridized carbons (Fsp3) is 0.0588. The van der Waals surface area contributed by atoms with Crippen molar-refractivity contribution in [2.45, 2.75) is 0 Å². The molecule has 0 aliphatic heterocycles. The smallest absolute Gasteiger partial charge is 0.342 e. The number of carbonyl (C=O) groups excluding carboxylic acids is 1. The zero-order valence-electron chi connectivity index (χ0n) is 11.5. The minimum atomic E-state index is -0.401. The van der Waals surface area contributed by atoms with Gasteiger partial charge in [-0.05, 0) is 0 Å². The molecular weight excluding hydrogens is 264 g/mol. The molecule has 3 aromatic rings. The number of esters is 1. The fourth-order valence-electron chi connectivity index (χ4n) is 2.26. The van der Waals surface area contributed by atoms with Crippen LogP contribution in [0.4, 0.5) is 0 Å². The van der Waals surface area contributed by atoms with E-state index in [2.05, 4.69) is 10.2 Å². The molecule has 4 heteroatoms. The Morgan fingerprint density at radius 3 is 2.10 bits per heavy atom. The molecule has 3 rings (SSSR count). The maximum absolute atomic E-state index is 12.2. The van der Waals surface area contributed by atoms with Crippen LogP contribution >= 0.6 is 0 Å². The number of hydrogen-bond acceptors (Lipinski definition) is 3. The quantitative estimate of drug-likeness (QED) is 0.746. The lowest BCUT2D eigenvalue weighted by Gasteiger charge is -2.04. The second-order valence-electron chi connectivity index (χ2n) is 4.55. The number of nitrogens with one attached hydrogen (secondary N) is 1. The van der Waals surface area contributed by atoms with Crippen molar-refractivity contribution in [3.05, 3.63) is 66.2 Å². The minimum Gasteiger partial charge on any atom is -0.465 e. The molecular formula is C17H14N2O2. The highest BCUT2D eigenvalue weighted by Crippen LogP contribution is 2.30. The summed E-state index contributed by atoms with van der Waals surface area (Å²) >= 11 is 0. The Hall–Kier alpha value is -2.88. The Balaban J connectivity index is 2.19. The van der Waals surface area contributed by atoms with Crippen LogP contribution in [0.25, 0.3) is 22.5 Å². The predicted molar refractivity (Wildman–Crippen MR) is 80.8 cm³/mol. The molecule has 1 heterocycles. The van der Waals surface area contributed by atoms with Crippen molar-refractivity contribution in [3.8, 4) is 22.5 Å². The number of methoxy groups -OCH3 is 1. The van der Waals surface area contributed by atoms with Gasteiger partial charge < -0.3 is 4.74 Å². The summed E-state index contributed by atoms with van der Waals surface area (Å²) in [7, 11) is 1.37. The number of ether oxygens (including phenoxy) is 1. The molecule has 0 saturated carbocycles. The first-order chi connectivity index (χ1) is 10.3. The first kappa shape index (κ1) is 13.1. The van der Waals surface area contributed by atoms with E-state index in [0.717, 1.165) is 11.1 Å². The molecule has 0 unspecified atom stereocenters. The summed E-state index contributed by atoms with van der Waals surface area (Å²) < 4.78 is 4.92. The number of H-pyrrole nitrogens is 1. The maximum atomic E-state index is 12.2. The van der Waals surface area contributed by atoms with E-state index in [1.54, 1.807) is 0 Å². The van der Waals surface area contributed by atoms with Gasteiger partial charge in [-0.2, -0.15) is 5.10 Å². The van der Waals surface area contributed by atoms with Crippen molar-refractivity contribution in [1.29, 1.82) is 0 Å². The van der Waals surface area contributed by atoms with Crippen molar-refractivity contribution in [3.63, 3.8) is 0 Å². The van der Waals surface area contributed by atoms with Crippen LogP contribution < -0.4 is 0 Å². The Kier molecular flexibility index (Phi) is 3.51. The topological polar surface area (TPSA) is 55.0 Å².